The van der Waals surface area contributed by atoms with Gasteiger partial charge in [-0.15, -0.1) is 11.8 Å². The summed E-state index contributed by atoms with van der Waals surface area (Å²) >= 11 is 1.42. The first kappa shape index (κ1) is 37.5. The fourth-order valence-electron chi connectivity index (χ4n) is 3.88. The summed E-state index contributed by atoms with van der Waals surface area (Å²) < 4.78 is 30.6. The molecule has 0 spiro atoms. The maximum atomic E-state index is 12.8. The van der Waals surface area contributed by atoms with E-state index >= 15 is 0 Å². The predicted molar refractivity (Wildman–Crippen MR) is 179 cm³/mol. The lowest BCUT2D eigenvalue weighted by molar-refractivity contribution is -0.121. The zero-order valence-corrected chi connectivity index (χ0v) is 27.6. The molecule has 0 bridgehead atoms. The number of ether oxygens (including phenoxy) is 1. The molecule has 2 heterocycles. The summed E-state index contributed by atoms with van der Waals surface area (Å²) in [5.74, 6) is 0.570. The Hall–Kier alpha value is -2.73. The monoisotopic (exact) mass is 649 g/mol. The Morgan fingerprint density at radius 1 is 1.09 bits per heavy atom. The molecule has 244 valence electrons. The molecule has 0 aliphatic carbocycles. The van der Waals surface area contributed by atoms with Crippen LogP contribution in [0.2, 0.25) is 0 Å². The third-order valence-corrected chi connectivity index (χ3v) is 8.88. The topological polar surface area (TPSA) is 147 Å². The van der Waals surface area contributed by atoms with E-state index in [1.165, 1.54) is 35.7 Å². The number of nitrogens with two attached hydrogens (primary N) is 1. The smallest absolute Gasteiger partial charge is 0.383 e. The molecule has 44 heavy (non-hydrogen) atoms. The first-order valence-electron chi connectivity index (χ1n) is 15.1. The maximum absolute atomic E-state index is 12.8. The molecule has 0 radical (unpaired) electrons. The maximum Gasteiger partial charge on any atom is 0.405 e. The van der Waals surface area contributed by atoms with Gasteiger partial charge in [0.1, 0.15) is 17.5 Å². The Balaban J connectivity index is 1.50. The predicted octanol–water partition coefficient (Wildman–Crippen LogP) is 5.81. The number of nitrogen functional groups attached to an aromatic ring is 1. The van der Waals surface area contributed by atoms with E-state index in [0.717, 1.165) is 44.9 Å². The molecule has 1 saturated heterocycles. The van der Waals surface area contributed by atoms with Crippen LogP contribution < -0.4 is 21.8 Å². The summed E-state index contributed by atoms with van der Waals surface area (Å²) in [7, 11) is -2.31. The third kappa shape index (κ3) is 16.4. The zero-order chi connectivity index (χ0) is 31.9. The zero-order valence-electron chi connectivity index (χ0n) is 25.8. The Bertz CT molecular complexity index is 1230. The van der Waals surface area contributed by atoms with E-state index in [1.54, 1.807) is 0 Å². The van der Waals surface area contributed by atoms with Crippen molar-refractivity contribution in [2.45, 2.75) is 70.0 Å². The average molecular weight is 650 g/mol. The number of hydrogen-bond acceptors (Lipinski definition) is 9. The number of carbonyl (C=O) groups is 1. The lowest BCUT2D eigenvalue weighted by Gasteiger charge is -2.20. The van der Waals surface area contributed by atoms with Gasteiger partial charge in [-0.05, 0) is 51.0 Å². The highest BCUT2D eigenvalue weighted by Gasteiger charge is 2.31. The summed E-state index contributed by atoms with van der Waals surface area (Å²) in [5, 5.41) is 5.54. The quantitative estimate of drug-likeness (QED) is 0.0799. The highest BCUT2D eigenvalue weighted by atomic mass is 32.2. The summed E-state index contributed by atoms with van der Waals surface area (Å²) in [5.41, 5.74) is 4.58. The van der Waals surface area contributed by atoms with Crippen LogP contribution in [-0.4, -0.2) is 53.5 Å². The second kappa shape index (κ2) is 22.7. The van der Waals surface area contributed by atoms with Crippen LogP contribution in [0.15, 0.2) is 77.8 Å². The Labute approximate surface area is 265 Å². The average Bonchev–Trinajstić information content (AvgIpc) is 3.48. The van der Waals surface area contributed by atoms with Gasteiger partial charge in [0.2, 0.25) is 5.91 Å². The van der Waals surface area contributed by atoms with Crippen molar-refractivity contribution in [3.63, 3.8) is 0 Å². The van der Waals surface area contributed by atoms with Gasteiger partial charge in [-0.1, -0.05) is 67.7 Å². The summed E-state index contributed by atoms with van der Waals surface area (Å²) in [6.07, 6.45) is 29.5. The van der Waals surface area contributed by atoms with Crippen LogP contribution >= 0.6 is 19.5 Å². The largest absolute Gasteiger partial charge is 0.405 e. The highest BCUT2D eigenvalue weighted by molar-refractivity contribution is 8.00. The normalized spacial score (nSPS) is 18.9. The molecule has 2 rings (SSSR count). The fourth-order valence-corrected chi connectivity index (χ4v) is 6.01. The number of aromatic nitrogens is 2. The number of unbranched alkanes of at least 4 members (excludes halogenated alkanes) is 1. The lowest BCUT2D eigenvalue weighted by atomic mass is 10.2. The van der Waals surface area contributed by atoms with Crippen molar-refractivity contribution in [3.8, 4) is 0 Å². The molecule has 13 heteroatoms. The van der Waals surface area contributed by atoms with E-state index in [1.807, 2.05) is 0 Å². The van der Waals surface area contributed by atoms with E-state index in [9.17, 15) is 14.2 Å². The van der Waals surface area contributed by atoms with E-state index in [2.05, 4.69) is 83.1 Å². The van der Waals surface area contributed by atoms with Gasteiger partial charge in [-0.3, -0.25) is 13.9 Å². The number of carbonyl (C=O) groups excluding carboxylic acids is 1. The number of anilines is 1. The molecule has 1 fully saturated rings. The molecule has 4 N–H and O–H groups in total. The van der Waals surface area contributed by atoms with Crippen LogP contribution in [0.1, 0.15) is 64.5 Å². The Morgan fingerprint density at radius 2 is 1.73 bits per heavy atom. The van der Waals surface area contributed by atoms with Crippen molar-refractivity contribution in [1.29, 1.82) is 0 Å². The van der Waals surface area contributed by atoms with Crippen LogP contribution in [0.25, 0.3) is 0 Å². The minimum atomic E-state index is -3.59. The van der Waals surface area contributed by atoms with Crippen molar-refractivity contribution >= 4 is 31.2 Å². The number of thioether (sulfide) groups is 1. The number of nitrogens with zero attached hydrogens (tertiary/aromatic N) is 2. The third-order valence-electron chi connectivity index (χ3n) is 6.20. The van der Waals surface area contributed by atoms with Crippen LogP contribution in [0.3, 0.4) is 0 Å². The van der Waals surface area contributed by atoms with Gasteiger partial charge in [0.15, 0.2) is 0 Å². The Morgan fingerprint density at radius 3 is 2.34 bits per heavy atom. The van der Waals surface area contributed by atoms with Gasteiger partial charge < -0.3 is 20.3 Å². The first-order chi connectivity index (χ1) is 21.4. The molecule has 1 aliphatic rings. The summed E-state index contributed by atoms with van der Waals surface area (Å²) in [6, 6.07) is 1.52. The van der Waals surface area contributed by atoms with Gasteiger partial charge in [0, 0.05) is 38.6 Å². The van der Waals surface area contributed by atoms with Crippen LogP contribution in [0.5, 0.6) is 0 Å². The van der Waals surface area contributed by atoms with Crippen LogP contribution in [0, 0.1) is 0 Å². The highest BCUT2D eigenvalue weighted by Crippen LogP contribution is 2.44. The minimum absolute atomic E-state index is 0.0153. The SMILES string of the molecule is CCC=CCC=CCC=CCC=CCC=CCCCC(=O)NCCNP(=O)(OC)OCC1OC(n2ccc(N)nc2=O)CS1. The first-order valence-corrected chi connectivity index (χ1v) is 17.6. The molecule has 0 aromatic carbocycles. The van der Waals surface area contributed by atoms with Gasteiger partial charge in [-0.2, -0.15) is 4.98 Å². The number of nitrogens with one attached hydrogen (secondary N) is 2. The van der Waals surface area contributed by atoms with Gasteiger partial charge >= 0.3 is 13.4 Å². The number of amides is 1. The van der Waals surface area contributed by atoms with E-state index < -0.39 is 25.1 Å². The van der Waals surface area contributed by atoms with Crippen molar-refractivity contribution < 1.29 is 23.1 Å². The molecule has 1 aliphatic heterocycles. The van der Waals surface area contributed by atoms with E-state index in [4.69, 9.17) is 19.5 Å². The molecule has 3 atom stereocenters. The molecule has 1 aromatic rings. The van der Waals surface area contributed by atoms with E-state index in [-0.39, 0.29) is 31.4 Å². The van der Waals surface area contributed by atoms with Crippen molar-refractivity contribution in [3.05, 3.63) is 83.5 Å². The van der Waals surface area contributed by atoms with Gasteiger partial charge in [-0.25, -0.2) is 14.4 Å². The van der Waals surface area contributed by atoms with Crippen molar-refractivity contribution in [1.82, 2.24) is 20.0 Å². The van der Waals surface area contributed by atoms with Crippen molar-refractivity contribution in [2.75, 3.05) is 38.3 Å². The van der Waals surface area contributed by atoms with Gasteiger partial charge in [0.25, 0.3) is 0 Å². The molecule has 3 unspecified atom stereocenters. The number of rotatable bonds is 22. The molecular formula is C31H48N5O6PS. The van der Waals surface area contributed by atoms with Crippen LogP contribution in [0.4, 0.5) is 5.82 Å². The minimum Gasteiger partial charge on any atom is -0.383 e. The molecule has 0 saturated carbocycles. The van der Waals surface area contributed by atoms with Crippen molar-refractivity contribution in [2.24, 2.45) is 0 Å². The Kier molecular flexibility index (Phi) is 19.3. The number of hydrogen-bond donors (Lipinski definition) is 3. The molecule has 11 nitrogen and oxygen atoms in total. The van der Waals surface area contributed by atoms with Gasteiger partial charge in [0.05, 0.1) is 6.61 Å². The lowest BCUT2D eigenvalue weighted by Crippen LogP contribution is -2.31. The fraction of sp³-hybridized carbons (Fsp3) is 0.516. The second-order valence-corrected chi connectivity index (χ2v) is 12.9. The summed E-state index contributed by atoms with van der Waals surface area (Å²) in [6.45, 7) is 2.61. The van der Waals surface area contributed by atoms with Crippen LogP contribution in [-0.2, 0) is 23.1 Å². The standard InChI is InChI=1S/C31H48N5O6PS/c1-3-4-5-6-7-8-9-10-11-12-13-14-15-16-17-18-19-20-28(37)33-22-23-34-43(39,40-2)41-25-30-42-29(26-44-30)36-24-21-27(32)35-31(36)38/h4-5,7-8,10-11,13-14,16-17,21,24,29-30H,3,6,9,12,15,18-20,22-23,25-26H2,1-2H3,(H,33,37)(H,34,39)(H2,32,35,38). The second-order valence-electron chi connectivity index (χ2n) is 9.73. The summed E-state index contributed by atoms with van der Waals surface area (Å²) in [4.78, 5) is 27.8. The molecule has 1 aromatic heterocycles. The molecule has 1 amide bonds. The molecular weight excluding hydrogens is 601 g/mol. The number of allylic oxidation sites excluding steroid dienone is 10. The van der Waals surface area contributed by atoms with E-state index in [0.29, 0.717) is 12.2 Å².